The predicted molar refractivity (Wildman–Crippen MR) is 119 cm³/mol. The number of nitrogens with one attached hydrogen (secondary N) is 2. The maximum Gasteiger partial charge on any atom is 0.225 e. The van der Waals surface area contributed by atoms with E-state index < -0.39 is 0 Å². The maximum absolute atomic E-state index is 12.1. The number of halogens is 1. The van der Waals surface area contributed by atoms with E-state index in [1.54, 1.807) is 12.1 Å². The first-order chi connectivity index (χ1) is 14.6. The van der Waals surface area contributed by atoms with Crippen LogP contribution in [0.1, 0.15) is 31.2 Å². The van der Waals surface area contributed by atoms with E-state index in [0.29, 0.717) is 18.0 Å². The summed E-state index contributed by atoms with van der Waals surface area (Å²) in [6.45, 7) is 0.773. The van der Waals surface area contributed by atoms with Crippen LogP contribution >= 0.6 is 0 Å². The fourth-order valence-corrected chi connectivity index (χ4v) is 4.01. The van der Waals surface area contributed by atoms with Crippen LogP contribution in [0.15, 0.2) is 48.5 Å². The Labute approximate surface area is 176 Å². The minimum Gasteiger partial charge on any atom is -0.362 e. The van der Waals surface area contributed by atoms with Gasteiger partial charge in [-0.1, -0.05) is 24.3 Å². The summed E-state index contributed by atoms with van der Waals surface area (Å²) in [5.74, 6) is 1.87. The third kappa shape index (κ3) is 4.79. The number of hydrogen-bond acceptors (Lipinski definition) is 6. The minimum atomic E-state index is 0.235. The highest BCUT2D eigenvalue weighted by Gasteiger charge is 2.22. The third-order valence-corrected chi connectivity index (χ3v) is 5.67. The molecule has 6 nitrogen and oxygen atoms in total. The van der Waals surface area contributed by atoms with Gasteiger partial charge in [-0.3, -0.25) is 4.94 Å². The van der Waals surface area contributed by atoms with Gasteiger partial charge in [-0.15, -0.1) is 0 Å². The number of nitrogens with zero attached hydrogens (tertiary/aromatic N) is 3. The quantitative estimate of drug-likeness (QED) is 0.600. The molecule has 0 bridgehead atoms. The summed E-state index contributed by atoms with van der Waals surface area (Å²) < 4.78 is 12.1. The van der Waals surface area contributed by atoms with Gasteiger partial charge in [0, 0.05) is 42.6 Å². The van der Waals surface area contributed by atoms with Crippen LogP contribution in [0.25, 0.3) is 10.9 Å². The lowest BCUT2D eigenvalue weighted by atomic mass is 9.91. The van der Waals surface area contributed by atoms with Gasteiger partial charge in [0.25, 0.3) is 0 Å². The van der Waals surface area contributed by atoms with Crippen molar-refractivity contribution in [2.45, 2.75) is 44.3 Å². The van der Waals surface area contributed by atoms with Crippen molar-refractivity contribution >= 4 is 22.7 Å². The Morgan fingerprint density at radius 3 is 2.37 bits per heavy atom. The molecule has 0 spiro atoms. The molecular formula is C23H28FN5O. The van der Waals surface area contributed by atoms with Crippen LogP contribution in [0.2, 0.25) is 0 Å². The van der Waals surface area contributed by atoms with Gasteiger partial charge in [0.1, 0.15) is 5.82 Å². The summed E-state index contributed by atoms with van der Waals surface area (Å²) >= 11 is 0. The number of anilines is 2. The molecule has 0 amide bonds. The topological polar surface area (TPSA) is 62.3 Å². The molecule has 1 aliphatic rings. The van der Waals surface area contributed by atoms with Crippen molar-refractivity contribution in [2.75, 3.05) is 24.3 Å². The number of para-hydroxylation sites is 1. The number of hydrogen-bond donors (Lipinski definition) is 2. The van der Waals surface area contributed by atoms with Crippen molar-refractivity contribution in [3.63, 3.8) is 0 Å². The largest absolute Gasteiger partial charge is 0.362 e. The average Bonchev–Trinajstić information content (AvgIpc) is 2.78. The average molecular weight is 410 g/mol. The van der Waals surface area contributed by atoms with Crippen LogP contribution in [0.3, 0.4) is 0 Å². The molecule has 3 aromatic rings. The predicted octanol–water partition coefficient (Wildman–Crippen LogP) is 4.47. The molecule has 1 fully saturated rings. The molecule has 0 atom stereocenters. The summed E-state index contributed by atoms with van der Waals surface area (Å²) in [7, 11) is 4.02. The van der Waals surface area contributed by atoms with E-state index in [1.807, 2.05) is 49.3 Å². The Hall–Kier alpha value is -2.93. The summed E-state index contributed by atoms with van der Waals surface area (Å²) in [6, 6.07) is 16.0. The smallest absolute Gasteiger partial charge is 0.225 e. The van der Waals surface area contributed by atoms with E-state index in [0.717, 1.165) is 54.5 Å². The number of benzene rings is 2. The van der Waals surface area contributed by atoms with Gasteiger partial charge in [-0.05, 0) is 55.5 Å². The van der Waals surface area contributed by atoms with Crippen molar-refractivity contribution in [1.29, 1.82) is 0 Å². The van der Waals surface area contributed by atoms with E-state index in [4.69, 9.17) is 9.97 Å². The molecule has 0 saturated heterocycles. The molecule has 0 radical (unpaired) electrons. The molecule has 1 heterocycles. The van der Waals surface area contributed by atoms with Crippen LogP contribution in [0.4, 0.5) is 16.3 Å². The summed E-state index contributed by atoms with van der Waals surface area (Å²) in [6.07, 6.45) is 4.33. The first-order valence-electron chi connectivity index (χ1n) is 10.4. The summed E-state index contributed by atoms with van der Waals surface area (Å²) in [5, 5.41) is 8.22. The first kappa shape index (κ1) is 20.3. The van der Waals surface area contributed by atoms with E-state index in [2.05, 4.69) is 21.6 Å². The molecular weight excluding hydrogens is 381 g/mol. The number of fused-ring (bicyclic) bond motifs is 1. The lowest BCUT2D eigenvalue weighted by Gasteiger charge is -2.30. The van der Waals surface area contributed by atoms with Gasteiger partial charge in [0.05, 0.1) is 5.52 Å². The molecule has 4 rings (SSSR count). The molecule has 1 aromatic heterocycles. The lowest BCUT2D eigenvalue weighted by Crippen LogP contribution is -2.37. The minimum absolute atomic E-state index is 0.235. The molecule has 7 heteroatoms. The summed E-state index contributed by atoms with van der Waals surface area (Å²) in [4.78, 5) is 15.2. The normalized spacial score (nSPS) is 18.9. The second-order valence-electron chi connectivity index (χ2n) is 8.08. The number of rotatable bonds is 7. The Bertz CT molecular complexity index is 971. The summed E-state index contributed by atoms with van der Waals surface area (Å²) in [5.41, 5.74) is 2.08. The fraction of sp³-hybridized carbons (Fsp3) is 0.391. The monoisotopic (exact) mass is 409 g/mol. The molecule has 30 heavy (non-hydrogen) atoms. The van der Waals surface area contributed by atoms with E-state index >= 15 is 0 Å². The molecule has 2 aromatic carbocycles. The molecule has 0 unspecified atom stereocenters. The molecule has 158 valence electrons. The zero-order valence-corrected chi connectivity index (χ0v) is 17.4. The van der Waals surface area contributed by atoms with Crippen molar-refractivity contribution in [2.24, 2.45) is 0 Å². The lowest BCUT2D eigenvalue weighted by molar-refractivity contribution is -0.00622. The van der Waals surface area contributed by atoms with Crippen LogP contribution in [-0.2, 0) is 6.54 Å². The van der Waals surface area contributed by atoms with Crippen molar-refractivity contribution in [1.82, 2.24) is 15.3 Å². The molecule has 2 N–H and O–H groups in total. The van der Waals surface area contributed by atoms with Gasteiger partial charge in [0.2, 0.25) is 5.95 Å². The van der Waals surface area contributed by atoms with Crippen LogP contribution < -0.4 is 20.5 Å². The maximum atomic E-state index is 12.1. The molecule has 1 aliphatic carbocycles. The second-order valence-corrected chi connectivity index (χ2v) is 8.08. The van der Waals surface area contributed by atoms with Gasteiger partial charge in [-0.2, -0.15) is 4.98 Å². The van der Waals surface area contributed by atoms with Gasteiger partial charge in [0.15, 0.2) is 5.75 Å². The van der Waals surface area contributed by atoms with Crippen molar-refractivity contribution < 1.29 is 9.47 Å². The van der Waals surface area contributed by atoms with Crippen molar-refractivity contribution in [3.8, 4) is 5.75 Å². The third-order valence-electron chi connectivity index (χ3n) is 5.67. The zero-order chi connectivity index (χ0) is 20.9. The van der Waals surface area contributed by atoms with E-state index in [-0.39, 0.29) is 5.75 Å². The van der Waals surface area contributed by atoms with Crippen LogP contribution in [0.5, 0.6) is 5.75 Å². The SMILES string of the molecule is CN(C)c1nc(NC2CCC(NCc3ccc(OF)cc3)CC2)nc2ccccc12. The Morgan fingerprint density at radius 1 is 0.967 bits per heavy atom. The molecule has 1 saturated carbocycles. The highest BCUT2D eigenvalue weighted by atomic mass is 19.3. The van der Waals surface area contributed by atoms with Gasteiger partial charge < -0.3 is 15.5 Å². The van der Waals surface area contributed by atoms with E-state index in [1.165, 1.54) is 0 Å². The number of aromatic nitrogens is 2. The van der Waals surface area contributed by atoms with Gasteiger partial charge >= 0.3 is 0 Å². The highest BCUT2D eigenvalue weighted by molar-refractivity contribution is 5.90. The Balaban J connectivity index is 1.32. The van der Waals surface area contributed by atoms with Gasteiger partial charge in [-0.25, -0.2) is 4.98 Å². The fourth-order valence-electron chi connectivity index (χ4n) is 4.01. The Kier molecular flexibility index (Phi) is 6.28. The van der Waals surface area contributed by atoms with E-state index in [9.17, 15) is 4.53 Å². The Morgan fingerprint density at radius 2 is 1.67 bits per heavy atom. The second kappa shape index (κ2) is 9.26. The molecule has 0 aliphatic heterocycles. The van der Waals surface area contributed by atoms with Crippen molar-refractivity contribution in [3.05, 3.63) is 54.1 Å². The van der Waals surface area contributed by atoms with Crippen LogP contribution in [-0.4, -0.2) is 36.1 Å². The highest BCUT2D eigenvalue weighted by Crippen LogP contribution is 2.26. The zero-order valence-electron chi connectivity index (χ0n) is 17.4. The standard InChI is InChI=1S/C23H28FN5O/c1-29(2)22-20-5-3-4-6-21(20)27-23(28-22)26-18-11-9-17(10-12-18)25-15-16-7-13-19(30-24)14-8-16/h3-8,13-14,17-18,25H,9-12,15H2,1-2H3,(H,26,27,28). The van der Waals surface area contributed by atoms with Crippen LogP contribution in [0, 0.1) is 0 Å². The first-order valence-corrected chi connectivity index (χ1v) is 10.4.